The summed E-state index contributed by atoms with van der Waals surface area (Å²) in [5.74, 6) is 0.392. The van der Waals surface area contributed by atoms with Crippen molar-refractivity contribution in [1.82, 2.24) is 5.32 Å². The number of carbonyl (C=O) groups is 1. The Morgan fingerprint density at radius 1 is 1.20 bits per heavy atom. The quantitative estimate of drug-likeness (QED) is 0.615. The first kappa shape index (κ1) is 20.7. The molecule has 1 N–H and O–H groups in total. The standard InChI is InChI=1S/C25H29N3OS/c1-15-7-9-20(16(2)11-15)26-24-27-23(29)22(30-24)13-18-8-10-21-19(12-18)17(3)14-25(4,5)28(21)6/h7-13,17H,14H2,1-6H3,(H,26,27,29)/b22-13-. The summed E-state index contributed by atoms with van der Waals surface area (Å²) in [4.78, 5) is 20.2. The molecule has 1 amide bonds. The first-order valence-corrected chi connectivity index (χ1v) is 11.2. The van der Waals surface area contributed by atoms with E-state index in [1.165, 1.54) is 28.6 Å². The van der Waals surface area contributed by atoms with Gasteiger partial charge in [-0.1, -0.05) is 30.7 Å². The lowest BCUT2D eigenvalue weighted by Crippen LogP contribution is -2.45. The van der Waals surface area contributed by atoms with Crippen molar-refractivity contribution < 1.29 is 4.79 Å². The molecule has 2 aliphatic rings. The molecule has 0 saturated carbocycles. The minimum atomic E-state index is -0.0902. The summed E-state index contributed by atoms with van der Waals surface area (Å²) >= 11 is 1.40. The molecular formula is C25H29N3OS. The molecule has 0 aliphatic carbocycles. The second kappa shape index (κ2) is 7.62. The van der Waals surface area contributed by atoms with Crippen LogP contribution in [-0.4, -0.2) is 23.7 Å². The number of nitrogens with zero attached hydrogens (tertiary/aromatic N) is 2. The van der Waals surface area contributed by atoms with Gasteiger partial charge in [0.05, 0.1) is 10.6 Å². The first-order valence-electron chi connectivity index (χ1n) is 10.4. The van der Waals surface area contributed by atoms with Crippen molar-refractivity contribution in [2.24, 2.45) is 4.99 Å². The zero-order valence-electron chi connectivity index (χ0n) is 18.5. The zero-order valence-corrected chi connectivity index (χ0v) is 19.4. The van der Waals surface area contributed by atoms with Crippen LogP contribution in [0, 0.1) is 13.8 Å². The van der Waals surface area contributed by atoms with E-state index in [9.17, 15) is 4.79 Å². The lowest BCUT2D eigenvalue weighted by Gasteiger charge is -2.45. The number of benzene rings is 2. The normalized spacial score (nSPS) is 23.1. The minimum Gasteiger partial charge on any atom is -0.369 e. The highest BCUT2D eigenvalue weighted by atomic mass is 32.2. The van der Waals surface area contributed by atoms with Gasteiger partial charge in [0, 0.05) is 18.3 Å². The Morgan fingerprint density at radius 3 is 2.70 bits per heavy atom. The molecule has 2 aliphatic heterocycles. The fraction of sp³-hybridized carbons (Fsp3) is 0.360. The average Bonchev–Trinajstić information content (AvgIpc) is 3.01. The molecule has 4 rings (SSSR count). The molecule has 0 radical (unpaired) electrons. The van der Waals surface area contributed by atoms with Crippen molar-refractivity contribution in [1.29, 1.82) is 0 Å². The van der Waals surface area contributed by atoms with Crippen LogP contribution in [0.5, 0.6) is 0 Å². The van der Waals surface area contributed by atoms with Gasteiger partial charge in [0.15, 0.2) is 5.17 Å². The molecule has 2 aromatic rings. The SMILES string of the molecule is Cc1ccc(N=C2NC(=O)/C(=C/c3ccc4c(c3)C(C)CC(C)(C)N4C)S2)c(C)c1. The number of amides is 1. The van der Waals surface area contributed by atoms with Gasteiger partial charge in [0.25, 0.3) is 5.91 Å². The molecular weight excluding hydrogens is 390 g/mol. The lowest BCUT2D eigenvalue weighted by molar-refractivity contribution is -0.115. The highest BCUT2D eigenvalue weighted by Gasteiger charge is 2.34. The minimum absolute atomic E-state index is 0.0902. The summed E-state index contributed by atoms with van der Waals surface area (Å²) < 4.78 is 0. The number of aliphatic imine (C=N–C) groups is 1. The fourth-order valence-electron chi connectivity index (χ4n) is 4.36. The molecule has 4 nitrogen and oxygen atoms in total. The highest BCUT2D eigenvalue weighted by Crippen LogP contribution is 2.43. The topological polar surface area (TPSA) is 44.7 Å². The van der Waals surface area contributed by atoms with Gasteiger partial charge in [-0.05, 0) is 92.8 Å². The van der Waals surface area contributed by atoms with Gasteiger partial charge in [0.2, 0.25) is 0 Å². The van der Waals surface area contributed by atoms with Crippen LogP contribution in [-0.2, 0) is 4.79 Å². The Hall–Kier alpha value is -2.53. The molecule has 0 aromatic heterocycles. The third-order valence-electron chi connectivity index (χ3n) is 6.18. The van der Waals surface area contributed by atoms with Crippen LogP contribution in [0.15, 0.2) is 46.3 Å². The maximum Gasteiger partial charge on any atom is 0.264 e. The molecule has 0 bridgehead atoms. The molecule has 0 spiro atoms. The van der Waals surface area contributed by atoms with Crippen molar-refractivity contribution in [3.8, 4) is 0 Å². The van der Waals surface area contributed by atoms with E-state index in [4.69, 9.17) is 0 Å². The number of hydrogen-bond donors (Lipinski definition) is 1. The smallest absolute Gasteiger partial charge is 0.264 e. The summed E-state index contributed by atoms with van der Waals surface area (Å²) in [6.07, 6.45) is 3.08. The number of rotatable bonds is 2. The van der Waals surface area contributed by atoms with E-state index in [1.807, 2.05) is 25.1 Å². The predicted molar refractivity (Wildman–Crippen MR) is 129 cm³/mol. The monoisotopic (exact) mass is 419 g/mol. The molecule has 1 fully saturated rings. The van der Waals surface area contributed by atoms with E-state index in [0.29, 0.717) is 16.0 Å². The fourth-order valence-corrected chi connectivity index (χ4v) is 5.19. The summed E-state index contributed by atoms with van der Waals surface area (Å²) in [5, 5.41) is 3.53. The number of hydrogen-bond acceptors (Lipinski definition) is 4. The third-order valence-corrected chi connectivity index (χ3v) is 7.09. The summed E-state index contributed by atoms with van der Waals surface area (Å²) in [5.41, 5.74) is 7.02. The van der Waals surface area contributed by atoms with Crippen molar-refractivity contribution in [3.63, 3.8) is 0 Å². The molecule has 1 atom stereocenters. The van der Waals surface area contributed by atoms with Crippen LogP contribution < -0.4 is 10.2 Å². The van der Waals surface area contributed by atoms with Gasteiger partial charge >= 0.3 is 0 Å². The Labute approximate surface area is 183 Å². The number of amidine groups is 1. The van der Waals surface area contributed by atoms with Gasteiger partial charge in [-0.15, -0.1) is 0 Å². The van der Waals surface area contributed by atoms with Gasteiger partial charge in [-0.25, -0.2) is 4.99 Å². The third kappa shape index (κ3) is 3.91. The molecule has 1 saturated heterocycles. The van der Waals surface area contributed by atoms with Crippen molar-refractivity contribution in [2.45, 2.75) is 52.5 Å². The number of thioether (sulfide) groups is 1. The average molecular weight is 420 g/mol. The lowest BCUT2D eigenvalue weighted by atomic mass is 9.80. The Morgan fingerprint density at radius 2 is 1.97 bits per heavy atom. The van der Waals surface area contributed by atoms with Crippen LogP contribution in [0.2, 0.25) is 0 Å². The number of nitrogens with one attached hydrogen (secondary N) is 1. The molecule has 156 valence electrons. The summed E-state index contributed by atoms with van der Waals surface area (Å²) in [6.45, 7) is 11.0. The van der Waals surface area contributed by atoms with E-state index < -0.39 is 0 Å². The van der Waals surface area contributed by atoms with Crippen molar-refractivity contribution in [2.75, 3.05) is 11.9 Å². The van der Waals surface area contributed by atoms with Crippen molar-refractivity contribution >= 4 is 40.3 Å². The van der Waals surface area contributed by atoms with Crippen LogP contribution >= 0.6 is 11.8 Å². The summed E-state index contributed by atoms with van der Waals surface area (Å²) in [6, 6.07) is 12.6. The Bertz CT molecular complexity index is 1080. The van der Waals surface area contributed by atoms with Gasteiger partial charge in [0.1, 0.15) is 0 Å². The maximum atomic E-state index is 12.5. The Kier molecular flexibility index (Phi) is 5.27. The predicted octanol–water partition coefficient (Wildman–Crippen LogP) is 5.92. The van der Waals surface area contributed by atoms with E-state index in [2.05, 4.69) is 74.2 Å². The van der Waals surface area contributed by atoms with Gasteiger partial charge < -0.3 is 10.2 Å². The van der Waals surface area contributed by atoms with Crippen LogP contribution in [0.3, 0.4) is 0 Å². The van der Waals surface area contributed by atoms with Gasteiger partial charge in [-0.3, -0.25) is 4.79 Å². The van der Waals surface area contributed by atoms with Crippen LogP contribution in [0.25, 0.3) is 6.08 Å². The second-order valence-corrected chi connectivity index (χ2v) is 10.1. The maximum absolute atomic E-state index is 12.5. The largest absolute Gasteiger partial charge is 0.369 e. The van der Waals surface area contributed by atoms with Crippen LogP contribution in [0.1, 0.15) is 55.4 Å². The number of fused-ring (bicyclic) bond motifs is 1. The molecule has 30 heavy (non-hydrogen) atoms. The first-order chi connectivity index (χ1) is 14.1. The second-order valence-electron chi connectivity index (χ2n) is 9.07. The molecule has 2 aromatic carbocycles. The summed E-state index contributed by atoms with van der Waals surface area (Å²) in [7, 11) is 2.17. The molecule has 1 unspecified atom stereocenters. The van der Waals surface area contributed by atoms with E-state index in [0.717, 1.165) is 23.2 Å². The van der Waals surface area contributed by atoms with E-state index in [-0.39, 0.29) is 11.4 Å². The Balaban J connectivity index is 1.61. The van der Waals surface area contributed by atoms with Crippen LogP contribution in [0.4, 0.5) is 11.4 Å². The van der Waals surface area contributed by atoms with E-state index in [1.54, 1.807) is 0 Å². The van der Waals surface area contributed by atoms with Gasteiger partial charge in [-0.2, -0.15) is 0 Å². The highest BCUT2D eigenvalue weighted by molar-refractivity contribution is 8.18. The molecule has 2 heterocycles. The number of carbonyl (C=O) groups excluding carboxylic acids is 1. The zero-order chi connectivity index (χ0) is 21.6. The van der Waals surface area contributed by atoms with Crippen molar-refractivity contribution in [3.05, 3.63) is 63.6 Å². The molecule has 5 heteroatoms. The van der Waals surface area contributed by atoms with E-state index >= 15 is 0 Å². The number of aryl methyl sites for hydroxylation is 2. The number of anilines is 1.